The van der Waals surface area contributed by atoms with Gasteiger partial charge in [0.05, 0.1) is 17.9 Å². The Hall–Kier alpha value is -5.77. The van der Waals surface area contributed by atoms with E-state index in [0.717, 1.165) is 31.0 Å². The molecule has 13 nitrogen and oxygen atoms in total. The number of benzene rings is 1. The van der Waals surface area contributed by atoms with Gasteiger partial charge in [-0.3, -0.25) is 4.79 Å². The van der Waals surface area contributed by atoms with Gasteiger partial charge in [0.15, 0.2) is 17.2 Å². The number of nitrogens with zero attached hydrogens (tertiary/aromatic N) is 9. The number of hydrogen-bond acceptors (Lipinski definition) is 11. The van der Waals surface area contributed by atoms with Crippen LogP contribution in [0.1, 0.15) is 29.7 Å². The highest BCUT2D eigenvalue weighted by Crippen LogP contribution is 2.33. The second kappa shape index (κ2) is 12.0. The van der Waals surface area contributed by atoms with Gasteiger partial charge in [-0.1, -0.05) is 18.1 Å². The fourth-order valence-corrected chi connectivity index (χ4v) is 5.04. The molecule has 1 saturated heterocycles. The predicted molar refractivity (Wildman–Crippen MR) is 161 cm³/mol. The van der Waals surface area contributed by atoms with Crippen molar-refractivity contribution in [3.8, 4) is 28.8 Å². The van der Waals surface area contributed by atoms with Crippen molar-refractivity contribution in [2.45, 2.75) is 19.4 Å². The van der Waals surface area contributed by atoms with E-state index in [-0.39, 0.29) is 29.9 Å². The molecule has 43 heavy (non-hydrogen) atoms. The van der Waals surface area contributed by atoms with Gasteiger partial charge in [-0.05, 0) is 49.6 Å². The van der Waals surface area contributed by atoms with Crippen molar-refractivity contribution in [1.82, 2.24) is 40.1 Å². The van der Waals surface area contributed by atoms with Crippen molar-refractivity contribution >= 4 is 28.9 Å². The first-order chi connectivity index (χ1) is 21.0. The highest BCUT2D eigenvalue weighted by Gasteiger charge is 2.25. The average molecular weight is 576 g/mol. The maximum atomic E-state index is 12.5. The number of phenols is 1. The summed E-state index contributed by atoms with van der Waals surface area (Å²) in [5.41, 5.74) is 9.07. The van der Waals surface area contributed by atoms with Crippen LogP contribution in [-0.4, -0.2) is 78.0 Å². The zero-order chi connectivity index (χ0) is 29.8. The summed E-state index contributed by atoms with van der Waals surface area (Å²) in [6.07, 6.45) is 5.91. The minimum absolute atomic E-state index is 0.0701. The number of fused-ring (bicyclic) bond motifs is 1. The number of hydrogen-bond donors (Lipinski definition) is 3. The summed E-state index contributed by atoms with van der Waals surface area (Å²) in [6.45, 7) is 4.46. The summed E-state index contributed by atoms with van der Waals surface area (Å²) >= 11 is 0. The van der Waals surface area contributed by atoms with Crippen molar-refractivity contribution in [3.63, 3.8) is 0 Å². The quantitative estimate of drug-likeness (QED) is 0.263. The second-order valence-corrected chi connectivity index (χ2v) is 10.0. The van der Waals surface area contributed by atoms with Crippen LogP contribution in [0, 0.1) is 11.8 Å². The highest BCUT2D eigenvalue weighted by atomic mass is 16.3. The number of nitrogen functional groups attached to an aromatic ring is 1. The van der Waals surface area contributed by atoms with Gasteiger partial charge in [-0.25, -0.2) is 19.5 Å². The molecule has 4 N–H and O–H groups in total. The lowest BCUT2D eigenvalue weighted by Gasteiger charge is -2.31. The molecule has 13 heteroatoms. The maximum Gasteiger partial charge on any atom is 0.272 e. The molecule has 1 unspecified atom stereocenters. The van der Waals surface area contributed by atoms with Gasteiger partial charge < -0.3 is 26.0 Å². The van der Waals surface area contributed by atoms with E-state index in [9.17, 15) is 9.90 Å². The molecular weight excluding hydrogens is 546 g/mol. The van der Waals surface area contributed by atoms with Crippen molar-refractivity contribution < 1.29 is 9.90 Å². The van der Waals surface area contributed by atoms with E-state index in [2.05, 4.69) is 64.1 Å². The number of aromatic nitrogens is 7. The summed E-state index contributed by atoms with van der Waals surface area (Å²) in [5.74, 6) is 7.13. The van der Waals surface area contributed by atoms with E-state index in [1.54, 1.807) is 53.4 Å². The molecule has 0 spiro atoms. The number of carbonyl (C=O) groups is 1. The molecule has 1 amide bonds. The molecule has 6 rings (SSSR count). The Morgan fingerprint density at radius 2 is 2.00 bits per heavy atom. The van der Waals surface area contributed by atoms with Crippen LogP contribution in [0.25, 0.3) is 16.9 Å². The molecular formula is C30H29N11O2. The van der Waals surface area contributed by atoms with Crippen LogP contribution in [0.15, 0.2) is 67.1 Å². The Labute approximate surface area is 247 Å². The SMILES string of the molecule is CC1CN(c2ccnc(C#CCNC(=O)c3cc4ncccn4n3)n2)CCCN1c1cc(-c2ccccc2O)nnc1N. The van der Waals surface area contributed by atoms with Crippen LogP contribution in [0.5, 0.6) is 5.75 Å². The van der Waals surface area contributed by atoms with Crippen LogP contribution in [-0.2, 0) is 0 Å². The van der Waals surface area contributed by atoms with Crippen LogP contribution < -0.4 is 20.9 Å². The zero-order valence-corrected chi connectivity index (χ0v) is 23.4. The standard InChI is InChI=1S/C30H29N11O2/c1-20-19-39(14-6-15-40(20)24-17-22(36-37-29(24)31)21-7-2-3-8-25(21)42)27-10-13-32-26(35-27)9-4-11-34-30(43)23-18-28-33-12-5-16-41(28)38-23/h2-3,5,7-8,10,12-13,16-18,20,42H,6,11,14-15,19H2,1H3,(H2,31,37)(H,34,43). The minimum Gasteiger partial charge on any atom is -0.507 e. The number of para-hydroxylation sites is 1. The topological polar surface area (TPSA) is 164 Å². The van der Waals surface area contributed by atoms with Crippen LogP contribution in [0.2, 0.25) is 0 Å². The normalized spacial score (nSPS) is 15.0. The van der Waals surface area contributed by atoms with Gasteiger partial charge in [-0.2, -0.15) is 5.10 Å². The number of carbonyl (C=O) groups excluding carboxylic acids is 1. The Morgan fingerprint density at radius 1 is 1.12 bits per heavy atom. The number of anilines is 3. The number of phenolic OH excluding ortho intramolecular Hbond substituents is 1. The van der Waals surface area contributed by atoms with Gasteiger partial charge in [-0.15, -0.1) is 10.2 Å². The first-order valence-corrected chi connectivity index (χ1v) is 13.8. The molecule has 1 fully saturated rings. The van der Waals surface area contributed by atoms with Crippen molar-refractivity contribution in [1.29, 1.82) is 0 Å². The fourth-order valence-electron chi connectivity index (χ4n) is 5.04. The number of nitrogens with one attached hydrogen (secondary N) is 1. The van der Waals surface area contributed by atoms with E-state index in [1.807, 2.05) is 18.2 Å². The molecule has 0 radical (unpaired) electrons. The molecule has 216 valence electrons. The molecule has 5 aromatic rings. The van der Waals surface area contributed by atoms with E-state index in [0.29, 0.717) is 35.1 Å². The van der Waals surface area contributed by atoms with Crippen LogP contribution >= 0.6 is 0 Å². The van der Waals surface area contributed by atoms with E-state index in [1.165, 1.54) is 0 Å². The first kappa shape index (κ1) is 27.4. The van der Waals surface area contributed by atoms with Crippen molar-refractivity contribution in [2.75, 3.05) is 41.7 Å². The van der Waals surface area contributed by atoms with Crippen molar-refractivity contribution in [3.05, 3.63) is 78.6 Å². The number of aromatic hydroxyl groups is 1. The molecule has 0 saturated carbocycles. The third-order valence-corrected chi connectivity index (χ3v) is 7.11. The predicted octanol–water partition coefficient (Wildman–Crippen LogP) is 2.15. The first-order valence-electron chi connectivity index (χ1n) is 13.8. The fraction of sp³-hybridized carbons (Fsp3) is 0.233. The van der Waals surface area contributed by atoms with Crippen LogP contribution in [0.3, 0.4) is 0 Å². The van der Waals surface area contributed by atoms with Gasteiger partial charge in [0, 0.05) is 55.9 Å². The molecule has 5 heterocycles. The lowest BCUT2D eigenvalue weighted by molar-refractivity contribution is 0.0953. The summed E-state index contributed by atoms with van der Waals surface area (Å²) in [5, 5.41) is 25.7. The third-order valence-electron chi connectivity index (χ3n) is 7.11. The van der Waals surface area contributed by atoms with Gasteiger partial charge in [0.1, 0.15) is 11.6 Å². The van der Waals surface area contributed by atoms with Crippen LogP contribution in [0.4, 0.5) is 17.3 Å². The summed E-state index contributed by atoms with van der Waals surface area (Å²) < 4.78 is 1.54. The molecule has 1 aliphatic heterocycles. The zero-order valence-electron chi connectivity index (χ0n) is 23.4. The van der Waals surface area contributed by atoms with E-state index >= 15 is 0 Å². The molecule has 4 aromatic heterocycles. The molecule has 1 aliphatic rings. The maximum absolute atomic E-state index is 12.5. The lowest BCUT2D eigenvalue weighted by Crippen LogP contribution is -2.40. The largest absolute Gasteiger partial charge is 0.507 e. The molecule has 0 aliphatic carbocycles. The summed E-state index contributed by atoms with van der Waals surface area (Å²) in [7, 11) is 0. The number of rotatable bonds is 5. The molecule has 0 bridgehead atoms. The summed E-state index contributed by atoms with van der Waals surface area (Å²) in [6, 6.07) is 14.2. The Balaban J connectivity index is 1.12. The number of nitrogens with two attached hydrogens (primary N) is 1. The lowest BCUT2D eigenvalue weighted by atomic mass is 10.1. The van der Waals surface area contributed by atoms with Gasteiger partial charge in [0.25, 0.3) is 5.91 Å². The van der Waals surface area contributed by atoms with E-state index < -0.39 is 0 Å². The molecule has 1 atom stereocenters. The number of amides is 1. The Kier molecular flexibility index (Phi) is 7.64. The third kappa shape index (κ3) is 5.98. The minimum atomic E-state index is -0.338. The van der Waals surface area contributed by atoms with Gasteiger partial charge >= 0.3 is 0 Å². The second-order valence-electron chi connectivity index (χ2n) is 10.0. The monoisotopic (exact) mass is 575 g/mol. The summed E-state index contributed by atoms with van der Waals surface area (Å²) in [4.78, 5) is 30.0. The molecule has 1 aromatic carbocycles. The van der Waals surface area contributed by atoms with E-state index in [4.69, 9.17) is 5.73 Å². The van der Waals surface area contributed by atoms with Gasteiger partial charge in [0.2, 0.25) is 5.82 Å². The van der Waals surface area contributed by atoms with Crippen molar-refractivity contribution in [2.24, 2.45) is 0 Å². The Morgan fingerprint density at radius 3 is 2.86 bits per heavy atom. The average Bonchev–Trinajstić information content (AvgIpc) is 3.37. The Bertz CT molecular complexity index is 1810. The highest BCUT2D eigenvalue weighted by molar-refractivity contribution is 5.93. The smallest absolute Gasteiger partial charge is 0.272 e.